The average Bonchev–Trinajstić information content (AvgIpc) is 3.70. The van der Waals surface area contributed by atoms with Gasteiger partial charge in [0.1, 0.15) is 13.2 Å². The van der Waals surface area contributed by atoms with E-state index in [2.05, 4.69) is 19.2 Å². The van der Waals surface area contributed by atoms with Crippen molar-refractivity contribution >= 4 is 13.7 Å². The maximum absolute atomic E-state index is 13.1. The van der Waals surface area contributed by atoms with Crippen molar-refractivity contribution in [3.05, 3.63) is 12.2 Å². The van der Waals surface area contributed by atoms with Gasteiger partial charge in [-0.05, 0) is 19.3 Å². The monoisotopic (exact) mass is 1240 g/mol. The lowest BCUT2D eigenvalue weighted by Crippen LogP contribution is -2.45. The molecule has 0 aromatic rings. The van der Waals surface area contributed by atoms with Gasteiger partial charge >= 0.3 is 0 Å². The summed E-state index contributed by atoms with van der Waals surface area (Å²) >= 11 is 0. The molecule has 514 valence electrons. The van der Waals surface area contributed by atoms with E-state index in [1.165, 1.54) is 366 Å². The Balaban J connectivity index is 3.88. The molecule has 0 spiro atoms. The number of carbonyl (C=O) groups is 1. The Morgan fingerprint density at radius 2 is 0.628 bits per heavy atom. The highest BCUT2D eigenvalue weighted by atomic mass is 31.2. The minimum atomic E-state index is -4.60. The highest BCUT2D eigenvalue weighted by molar-refractivity contribution is 7.45. The number of rotatable bonds is 74. The van der Waals surface area contributed by atoms with Gasteiger partial charge < -0.3 is 28.8 Å². The number of likely N-dealkylation sites (N-methyl/N-ethyl adjacent to an activating group) is 1. The first-order valence-electron chi connectivity index (χ1n) is 39.1. The van der Waals surface area contributed by atoms with E-state index in [1.54, 1.807) is 6.08 Å². The lowest BCUT2D eigenvalue weighted by atomic mass is 10.0. The number of allylic oxidation sites excluding steroid dienone is 1. The van der Waals surface area contributed by atoms with Crippen LogP contribution in [0.2, 0.25) is 0 Å². The zero-order valence-corrected chi connectivity index (χ0v) is 60.0. The highest BCUT2D eigenvalue weighted by Gasteiger charge is 2.23. The van der Waals surface area contributed by atoms with Crippen LogP contribution in [0.1, 0.15) is 425 Å². The number of phosphoric acid groups is 1. The third-order valence-corrected chi connectivity index (χ3v) is 19.5. The summed E-state index contributed by atoms with van der Waals surface area (Å²) in [6, 6.07) is -0.884. The number of carbonyl (C=O) groups excluding carboxylic acids is 1. The smallest absolute Gasteiger partial charge is 0.268 e. The maximum atomic E-state index is 13.1. The molecular weight excluding hydrogens is 1080 g/mol. The van der Waals surface area contributed by atoms with Crippen LogP contribution in [0.5, 0.6) is 0 Å². The van der Waals surface area contributed by atoms with Crippen molar-refractivity contribution in [1.82, 2.24) is 5.32 Å². The average molecular weight is 1240 g/mol. The Kier molecular flexibility index (Phi) is 68.0. The molecule has 0 aromatic heterocycles. The van der Waals surface area contributed by atoms with E-state index in [9.17, 15) is 19.4 Å². The van der Waals surface area contributed by atoms with E-state index in [0.29, 0.717) is 17.4 Å². The molecule has 3 unspecified atom stereocenters. The van der Waals surface area contributed by atoms with E-state index in [1.807, 2.05) is 27.2 Å². The first-order chi connectivity index (χ1) is 42.0. The largest absolute Gasteiger partial charge is 0.756 e. The molecule has 0 aliphatic rings. The number of amides is 1. The number of hydrogen-bond acceptors (Lipinski definition) is 6. The van der Waals surface area contributed by atoms with Gasteiger partial charge in [-0.15, -0.1) is 0 Å². The standard InChI is InChI=1S/C77H155N2O6P/c1-6-8-10-12-14-16-18-20-22-24-26-28-30-32-33-34-35-36-37-38-39-40-41-42-43-44-45-46-47-49-51-53-55-57-59-61-63-65-67-69-71-77(81)78-75(74-85-86(82,83)84-73-72-79(3,4)5)76(80)70-68-66-64-62-60-58-56-54-52-50-48-31-29-27-25-23-21-19-17-15-13-11-9-7-2/h68,70,75-76,80H,6-67,69,71-74H2,1-5H3,(H-,78,81,82,83)/b70-68+. The minimum Gasteiger partial charge on any atom is -0.756 e. The van der Waals surface area contributed by atoms with Crippen LogP contribution in [-0.2, 0) is 18.4 Å². The summed E-state index contributed by atoms with van der Waals surface area (Å²) in [6.07, 6.45) is 89.5. The van der Waals surface area contributed by atoms with Crippen LogP contribution < -0.4 is 10.2 Å². The normalized spacial score (nSPS) is 13.5. The minimum absolute atomic E-state index is 0.00307. The van der Waals surface area contributed by atoms with E-state index >= 15 is 0 Å². The molecule has 0 saturated carbocycles. The van der Waals surface area contributed by atoms with Crippen molar-refractivity contribution in [2.75, 3.05) is 40.9 Å². The zero-order valence-electron chi connectivity index (χ0n) is 59.1. The summed E-state index contributed by atoms with van der Waals surface area (Å²) < 4.78 is 23.5. The Morgan fingerprint density at radius 1 is 0.395 bits per heavy atom. The summed E-state index contributed by atoms with van der Waals surface area (Å²) in [5.74, 6) is -0.186. The van der Waals surface area contributed by atoms with Gasteiger partial charge in [-0.3, -0.25) is 9.36 Å². The van der Waals surface area contributed by atoms with Gasteiger partial charge in [-0.2, -0.15) is 0 Å². The van der Waals surface area contributed by atoms with Crippen LogP contribution in [0.3, 0.4) is 0 Å². The van der Waals surface area contributed by atoms with Crippen LogP contribution in [0, 0.1) is 0 Å². The molecule has 2 N–H and O–H groups in total. The fourth-order valence-electron chi connectivity index (χ4n) is 12.5. The van der Waals surface area contributed by atoms with Crippen LogP contribution in [0.4, 0.5) is 0 Å². The van der Waals surface area contributed by atoms with Gasteiger partial charge in [-0.1, -0.05) is 411 Å². The number of phosphoric ester groups is 1. The Hall–Kier alpha value is -0.760. The predicted molar refractivity (Wildman–Crippen MR) is 376 cm³/mol. The SMILES string of the molecule is CCCCCCCCCCCCCCCCCCCCCCCC/C=C/C(O)C(COP(=O)([O-])OCC[N+](C)(C)C)NC(=O)CCCCCCCCCCCCCCCCCCCCCCCCCCCCCCCCCCCCCCCCCC. The number of aliphatic hydroxyl groups is 1. The molecule has 0 bridgehead atoms. The number of aliphatic hydroxyl groups excluding tert-OH is 1. The highest BCUT2D eigenvalue weighted by Crippen LogP contribution is 2.38. The molecule has 0 saturated heterocycles. The summed E-state index contributed by atoms with van der Waals surface area (Å²) in [5.41, 5.74) is 0. The number of nitrogens with one attached hydrogen (secondary N) is 1. The van der Waals surface area contributed by atoms with Crippen LogP contribution >= 0.6 is 7.82 Å². The fraction of sp³-hybridized carbons (Fsp3) is 0.961. The van der Waals surface area contributed by atoms with Crippen LogP contribution in [0.25, 0.3) is 0 Å². The maximum Gasteiger partial charge on any atom is 0.268 e. The topological polar surface area (TPSA) is 108 Å². The molecule has 0 aromatic carbocycles. The Labute approximate surface area is 539 Å². The molecule has 1 amide bonds. The molecule has 3 atom stereocenters. The van der Waals surface area contributed by atoms with Crippen molar-refractivity contribution in [3.63, 3.8) is 0 Å². The number of hydrogen-bond donors (Lipinski definition) is 2. The lowest BCUT2D eigenvalue weighted by Gasteiger charge is -2.29. The lowest BCUT2D eigenvalue weighted by molar-refractivity contribution is -0.870. The third-order valence-electron chi connectivity index (χ3n) is 18.5. The molecule has 0 heterocycles. The second-order valence-corrected chi connectivity index (χ2v) is 29.8. The molecular formula is C77H155N2O6P. The molecule has 8 nitrogen and oxygen atoms in total. The third kappa shape index (κ3) is 70.7. The van der Waals surface area contributed by atoms with Gasteiger partial charge in [0.25, 0.3) is 7.82 Å². The second-order valence-electron chi connectivity index (χ2n) is 28.4. The van der Waals surface area contributed by atoms with E-state index < -0.39 is 20.0 Å². The number of nitrogens with zero attached hydrogens (tertiary/aromatic N) is 1. The molecule has 9 heteroatoms. The first-order valence-corrected chi connectivity index (χ1v) is 40.5. The molecule has 0 aliphatic carbocycles. The first kappa shape index (κ1) is 85.2. The predicted octanol–water partition coefficient (Wildman–Crippen LogP) is 24.6. The van der Waals surface area contributed by atoms with Gasteiger partial charge in [0.05, 0.1) is 39.9 Å². The Morgan fingerprint density at radius 3 is 0.872 bits per heavy atom. The van der Waals surface area contributed by atoms with Crippen molar-refractivity contribution in [2.45, 2.75) is 437 Å². The molecule has 0 aliphatic heterocycles. The van der Waals surface area contributed by atoms with Crippen LogP contribution in [0.15, 0.2) is 12.2 Å². The van der Waals surface area contributed by atoms with Crippen LogP contribution in [-0.4, -0.2) is 68.5 Å². The summed E-state index contributed by atoms with van der Waals surface area (Å²) in [7, 11) is 1.29. The summed E-state index contributed by atoms with van der Waals surface area (Å²) in [5, 5.41) is 14.0. The molecule has 0 rings (SSSR count). The molecule has 0 radical (unpaired) electrons. The zero-order chi connectivity index (χ0) is 62.6. The van der Waals surface area contributed by atoms with Gasteiger partial charge in [0, 0.05) is 6.42 Å². The molecule has 0 fully saturated rings. The van der Waals surface area contributed by atoms with E-state index in [-0.39, 0.29) is 19.1 Å². The number of unbranched alkanes of at least 4 members (excludes halogenated alkanes) is 61. The van der Waals surface area contributed by atoms with Crippen molar-refractivity contribution in [3.8, 4) is 0 Å². The van der Waals surface area contributed by atoms with Gasteiger partial charge in [-0.25, -0.2) is 0 Å². The van der Waals surface area contributed by atoms with Gasteiger partial charge in [0.15, 0.2) is 0 Å². The molecule has 86 heavy (non-hydrogen) atoms. The van der Waals surface area contributed by atoms with Crippen molar-refractivity contribution in [1.29, 1.82) is 0 Å². The fourth-order valence-corrected chi connectivity index (χ4v) is 13.2. The summed E-state index contributed by atoms with van der Waals surface area (Å²) in [6.45, 7) is 4.73. The second kappa shape index (κ2) is 68.6. The number of quaternary nitrogens is 1. The quantitative estimate of drug-likeness (QED) is 0.0272. The summed E-state index contributed by atoms with van der Waals surface area (Å²) in [4.78, 5) is 25.7. The van der Waals surface area contributed by atoms with Crippen molar-refractivity contribution < 1.29 is 32.9 Å². The van der Waals surface area contributed by atoms with Crippen molar-refractivity contribution in [2.24, 2.45) is 0 Å². The van der Waals surface area contributed by atoms with E-state index in [0.717, 1.165) is 38.5 Å². The Bertz CT molecular complexity index is 1410. The van der Waals surface area contributed by atoms with Gasteiger partial charge in [0.2, 0.25) is 5.91 Å². The van der Waals surface area contributed by atoms with E-state index in [4.69, 9.17) is 9.05 Å².